The van der Waals surface area contributed by atoms with E-state index in [1.54, 1.807) is 26.0 Å². The van der Waals surface area contributed by atoms with Gasteiger partial charge in [0.15, 0.2) is 16.7 Å². The van der Waals surface area contributed by atoms with Crippen LogP contribution in [0, 0.1) is 0 Å². The minimum Gasteiger partial charge on any atom is -0.493 e. The SMILES string of the molecule is COc1ccc(-c2noc(CSc3ncc(-c4ccccc4)n3C)n2)cc1OC. The fourth-order valence-electron chi connectivity index (χ4n) is 2.94. The van der Waals surface area contributed by atoms with E-state index in [9.17, 15) is 0 Å². The van der Waals surface area contributed by atoms with E-state index in [-0.39, 0.29) is 0 Å². The molecule has 0 aliphatic heterocycles. The monoisotopic (exact) mass is 408 g/mol. The molecule has 0 spiro atoms. The molecule has 148 valence electrons. The number of aromatic nitrogens is 4. The van der Waals surface area contributed by atoms with Crippen LogP contribution >= 0.6 is 11.8 Å². The van der Waals surface area contributed by atoms with Crippen molar-refractivity contribution in [1.82, 2.24) is 19.7 Å². The van der Waals surface area contributed by atoms with Gasteiger partial charge in [-0.3, -0.25) is 0 Å². The Bertz CT molecular complexity index is 1110. The average molecular weight is 408 g/mol. The van der Waals surface area contributed by atoms with Crippen molar-refractivity contribution in [2.75, 3.05) is 14.2 Å². The Balaban J connectivity index is 1.47. The number of ether oxygens (including phenoxy) is 2. The lowest BCUT2D eigenvalue weighted by molar-refractivity contribution is 0.355. The molecule has 0 aliphatic rings. The van der Waals surface area contributed by atoms with Gasteiger partial charge in [-0.25, -0.2) is 4.98 Å². The van der Waals surface area contributed by atoms with Crippen LogP contribution in [0.2, 0.25) is 0 Å². The molecule has 0 saturated carbocycles. The van der Waals surface area contributed by atoms with Gasteiger partial charge in [-0.2, -0.15) is 4.98 Å². The van der Waals surface area contributed by atoms with Crippen molar-refractivity contribution >= 4 is 11.8 Å². The zero-order valence-electron chi connectivity index (χ0n) is 16.3. The lowest BCUT2D eigenvalue weighted by atomic mass is 10.2. The number of imidazole rings is 1. The number of benzene rings is 2. The lowest BCUT2D eigenvalue weighted by Crippen LogP contribution is -1.94. The van der Waals surface area contributed by atoms with Gasteiger partial charge in [-0.1, -0.05) is 47.3 Å². The van der Waals surface area contributed by atoms with Crippen molar-refractivity contribution in [2.45, 2.75) is 10.9 Å². The molecule has 0 unspecified atom stereocenters. The number of rotatable bonds is 7. The molecule has 0 bridgehead atoms. The molecule has 0 aliphatic carbocycles. The maximum atomic E-state index is 5.41. The summed E-state index contributed by atoms with van der Waals surface area (Å²) in [7, 11) is 5.19. The molecule has 4 rings (SSSR count). The van der Waals surface area contributed by atoms with E-state index in [2.05, 4.69) is 31.8 Å². The second kappa shape index (κ2) is 8.40. The summed E-state index contributed by atoms with van der Waals surface area (Å²) in [5.41, 5.74) is 2.98. The predicted molar refractivity (Wildman–Crippen MR) is 111 cm³/mol. The summed E-state index contributed by atoms with van der Waals surface area (Å²) in [5.74, 6) is 2.83. The Labute approximate surface area is 172 Å². The summed E-state index contributed by atoms with van der Waals surface area (Å²) in [6, 6.07) is 15.7. The molecule has 0 amide bonds. The van der Waals surface area contributed by atoms with Crippen molar-refractivity contribution < 1.29 is 14.0 Å². The van der Waals surface area contributed by atoms with Crippen molar-refractivity contribution in [3.05, 3.63) is 60.6 Å². The van der Waals surface area contributed by atoms with E-state index < -0.39 is 0 Å². The standard InChI is InChI=1S/C21H20N4O3S/c1-25-16(14-7-5-4-6-8-14)12-22-21(25)29-13-19-23-20(24-28-19)15-9-10-17(26-2)18(11-15)27-3/h4-12H,13H2,1-3H3. The van der Waals surface area contributed by atoms with Crippen LogP contribution in [-0.4, -0.2) is 33.9 Å². The second-order valence-corrected chi connectivity index (χ2v) is 7.16. The van der Waals surface area contributed by atoms with Gasteiger partial charge in [-0.15, -0.1) is 0 Å². The van der Waals surface area contributed by atoms with E-state index in [0.29, 0.717) is 29.0 Å². The fourth-order valence-corrected chi connectivity index (χ4v) is 3.73. The third-order valence-electron chi connectivity index (χ3n) is 4.45. The maximum Gasteiger partial charge on any atom is 0.237 e. The number of methoxy groups -OCH3 is 2. The molecule has 0 radical (unpaired) electrons. The Morgan fingerprint density at radius 1 is 1.00 bits per heavy atom. The van der Waals surface area contributed by atoms with Gasteiger partial charge in [-0.05, 0) is 23.8 Å². The summed E-state index contributed by atoms with van der Waals surface area (Å²) in [5, 5.41) is 4.97. The molecule has 0 N–H and O–H groups in total. The predicted octanol–water partition coefficient (Wildman–Crippen LogP) is 4.45. The second-order valence-electron chi connectivity index (χ2n) is 6.22. The zero-order valence-corrected chi connectivity index (χ0v) is 17.1. The van der Waals surface area contributed by atoms with E-state index in [0.717, 1.165) is 22.0 Å². The molecule has 8 heteroatoms. The van der Waals surface area contributed by atoms with Crippen LogP contribution in [0.5, 0.6) is 11.5 Å². The first-order valence-electron chi connectivity index (χ1n) is 8.94. The number of hydrogen-bond acceptors (Lipinski definition) is 7. The van der Waals surface area contributed by atoms with Crippen LogP contribution in [0.1, 0.15) is 5.89 Å². The fraction of sp³-hybridized carbons (Fsp3) is 0.190. The first-order chi connectivity index (χ1) is 14.2. The van der Waals surface area contributed by atoms with Crippen molar-refractivity contribution in [3.63, 3.8) is 0 Å². The van der Waals surface area contributed by atoms with Gasteiger partial charge < -0.3 is 18.6 Å². The number of thioether (sulfide) groups is 1. The molecular formula is C21H20N4O3S. The van der Waals surface area contributed by atoms with Gasteiger partial charge in [0, 0.05) is 12.6 Å². The summed E-state index contributed by atoms with van der Waals surface area (Å²) < 4.78 is 18.1. The molecule has 29 heavy (non-hydrogen) atoms. The van der Waals surface area contributed by atoms with Crippen LogP contribution in [0.4, 0.5) is 0 Å². The first-order valence-corrected chi connectivity index (χ1v) is 9.93. The van der Waals surface area contributed by atoms with E-state index in [1.165, 1.54) is 0 Å². The molecule has 4 aromatic rings. The summed E-state index contributed by atoms with van der Waals surface area (Å²) in [6.07, 6.45) is 1.88. The Hall–Kier alpha value is -3.26. The van der Waals surface area contributed by atoms with Gasteiger partial charge in [0.25, 0.3) is 0 Å². The average Bonchev–Trinajstić information content (AvgIpc) is 3.39. The largest absolute Gasteiger partial charge is 0.493 e. The smallest absolute Gasteiger partial charge is 0.237 e. The highest BCUT2D eigenvalue weighted by Crippen LogP contribution is 2.32. The highest BCUT2D eigenvalue weighted by molar-refractivity contribution is 7.98. The Morgan fingerprint density at radius 3 is 2.55 bits per heavy atom. The summed E-state index contributed by atoms with van der Waals surface area (Å²) in [4.78, 5) is 9.01. The van der Waals surface area contributed by atoms with Gasteiger partial charge >= 0.3 is 0 Å². The molecule has 2 aromatic carbocycles. The van der Waals surface area contributed by atoms with Crippen LogP contribution in [0.15, 0.2) is 64.4 Å². The zero-order chi connectivity index (χ0) is 20.2. The minimum absolute atomic E-state index is 0.506. The van der Waals surface area contributed by atoms with Crippen molar-refractivity contribution in [2.24, 2.45) is 7.05 Å². The molecular weight excluding hydrogens is 388 g/mol. The topological polar surface area (TPSA) is 75.2 Å². The van der Waals surface area contributed by atoms with Gasteiger partial charge in [0.2, 0.25) is 11.7 Å². The lowest BCUT2D eigenvalue weighted by Gasteiger charge is -2.07. The van der Waals surface area contributed by atoms with Crippen LogP contribution in [0.3, 0.4) is 0 Å². The molecule has 0 fully saturated rings. The Kier molecular flexibility index (Phi) is 5.53. The van der Waals surface area contributed by atoms with Crippen LogP contribution in [-0.2, 0) is 12.8 Å². The number of hydrogen-bond donors (Lipinski definition) is 0. The Morgan fingerprint density at radius 2 is 1.79 bits per heavy atom. The van der Waals surface area contributed by atoms with Crippen LogP contribution in [0.25, 0.3) is 22.6 Å². The number of nitrogens with zero attached hydrogens (tertiary/aromatic N) is 4. The molecule has 0 atom stereocenters. The first kappa shape index (κ1) is 19.1. The highest BCUT2D eigenvalue weighted by Gasteiger charge is 2.14. The van der Waals surface area contributed by atoms with Crippen molar-refractivity contribution in [1.29, 1.82) is 0 Å². The van der Waals surface area contributed by atoms with Crippen molar-refractivity contribution in [3.8, 4) is 34.1 Å². The summed E-state index contributed by atoms with van der Waals surface area (Å²) in [6.45, 7) is 0. The molecule has 2 aromatic heterocycles. The highest BCUT2D eigenvalue weighted by atomic mass is 32.2. The summed E-state index contributed by atoms with van der Waals surface area (Å²) >= 11 is 1.55. The van der Waals surface area contributed by atoms with E-state index >= 15 is 0 Å². The quantitative estimate of drug-likeness (QED) is 0.418. The molecule has 0 saturated heterocycles. The van der Waals surface area contributed by atoms with Crippen LogP contribution < -0.4 is 9.47 Å². The van der Waals surface area contributed by atoms with E-state index in [4.69, 9.17) is 14.0 Å². The molecule has 7 nitrogen and oxygen atoms in total. The molecule has 2 heterocycles. The normalized spacial score (nSPS) is 10.9. The maximum absolute atomic E-state index is 5.41. The van der Waals surface area contributed by atoms with E-state index in [1.807, 2.05) is 49.6 Å². The van der Waals surface area contributed by atoms with Gasteiger partial charge in [0.1, 0.15) is 0 Å². The third-order valence-corrected chi connectivity index (χ3v) is 5.48. The minimum atomic E-state index is 0.506. The third kappa shape index (κ3) is 3.97. The van der Waals surface area contributed by atoms with Gasteiger partial charge in [0.05, 0.1) is 31.9 Å².